The molecular weight excluding hydrogens is 190 g/mol. The average Bonchev–Trinajstić information content (AvgIpc) is 2.55. The van der Waals surface area contributed by atoms with Gasteiger partial charge in [-0.1, -0.05) is 0 Å². The first kappa shape index (κ1) is 9.98. The van der Waals surface area contributed by atoms with E-state index in [1.54, 1.807) is 7.11 Å². The standard InChI is InChI=1S/C11H15N3O/c1-12-7-11-9-5-4-8(15-3)6-10(9)13-14(11)2/h4-6,12H,7H2,1-3H3. The molecule has 0 aliphatic carbocycles. The van der Waals surface area contributed by atoms with Gasteiger partial charge < -0.3 is 10.1 Å². The molecule has 0 saturated heterocycles. The quantitative estimate of drug-likeness (QED) is 0.821. The largest absolute Gasteiger partial charge is 0.497 e. The molecule has 1 heterocycles. The maximum Gasteiger partial charge on any atom is 0.121 e. The Morgan fingerprint density at radius 3 is 2.93 bits per heavy atom. The van der Waals surface area contributed by atoms with Crippen LogP contribution in [0.1, 0.15) is 5.69 Å². The molecule has 0 amide bonds. The third-order valence-corrected chi connectivity index (χ3v) is 2.51. The van der Waals surface area contributed by atoms with E-state index in [9.17, 15) is 0 Å². The summed E-state index contributed by atoms with van der Waals surface area (Å²) >= 11 is 0. The molecule has 15 heavy (non-hydrogen) atoms. The van der Waals surface area contributed by atoms with Crippen LogP contribution >= 0.6 is 0 Å². The second-order valence-corrected chi connectivity index (χ2v) is 3.48. The van der Waals surface area contributed by atoms with E-state index < -0.39 is 0 Å². The summed E-state index contributed by atoms with van der Waals surface area (Å²) in [6.45, 7) is 0.819. The van der Waals surface area contributed by atoms with Gasteiger partial charge >= 0.3 is 0 Å². The van der Waals surface area contributed by atoms with Gasteiger partial charge in [-0.25, -0.2) is 0 Å². The fraction of sp³-hybridized carbons (Fsp3) is 0.364. The Balaban J connectivity index is 2.58. The molecule has 2 rings (SSSR count). The van der Waals surface area contributed by atoms with Gasteiger partial charge in [0.2, 0.25) is 0 Å². The van der Waals surface area contributed by atoms with Crippen molar-refractivity contribution in [1.29, 1.82) is 0 Å². The van der Waals surface area contributed by atoms with Crippen LogP contribution in [0.25, 0.3) is 10.9 Å². The van der Waals surface area contributed by atoms with Crippen molar-refractivity contribution in [3.8, 4) is 5.75 Å². The highest BCUT2D eigenvalue weighted by molar-refractivity contribution is 5.82. The lowest BCUT2D eigenvalue weighted by Crippen LogP contribution is -2.09. The second kappa shape index (κ2) is 3.90. The molecule has 2 aromatic rings. The lowest BCUT2D eigenvalue weighted by molar-refractivity contribution is 0.415. The van der Waals surface area contributed by atoms with Gasteiger partial charge in [0.15, 0.2) is 0 Å². The van der Waals surface area contributed by atoms with E-state index in [0.29, 0.717) is 0 Å². The van der Waals surface area contributed by atoms with Gasteiger partial charge in [0.1, 0.15) is 5.75 Å². The van der Waals surface area contributed by atoms with Crippen LogP contribution in [0.5, 0.6) is 5.75 Å². The summed E-state index contributed by atoms with van der Waals surface area (Å²) in [5.74, 6) is 0.844. The fourth-order valence-electron chi connectivity index (χ4n) is 1.74. The molecule has 0 bridgehead atoms. The second-order valence-electron chi connectivity index (χ2n) is 3.48. The average molecular weight is 205 g/mol. The first-order valence-corrected chi connectivity index (χ1v) is 4.90. The molecule has 1 N–H and O–H groups in total. The molecule has 0 fully saturated rings. The Kier molecular flexibility index (Phi) is 2.60. The van der Waals surface area contributed by atoms with Gasteiger partial charge in [0.25, 0.3) is 0 Å². The highest BCUT2D eigenvalue weighted by Crippen LogP contribution is 2.22. The summed E-state index contributed by atoms with van der Waals surface area (Å²) in [6, 6.07) is 5.96. The zero-order valence-corrected chi connectivity index (χ0v) is 9.24. The highest BCUT2D eigenvalue weighted by atomic mass is 16.5. The lowest BCUT2D eigenvalue weighted by Gasteiger charge is -2.01. The summed E-state index contributed by atoms with van der Waals surface area (Å²) in [4.78, 5) is 0. The number of hydrogen-bond donors (Lipinski definition) is 1. The van der Waals surface area contributed by atoms with Crippen LogP contribution < -0.4 is 10.1 Å². The first-order chi connectivity index (χ1) is 7.26. The summed E-state index contributed by atoms with van der Waals surface area (Å²) in [5, 5.41) is 8.75. The number of nitrogens with one attached hydrogen (secondary N) is 1. The monoisotopic (exact) mass is 205 g/mol. The molecule has 0 spiro atoms. The maximum atomic E-state index is 5.17. The van der Waals surface area contributed by atoms with Crippen LogP contribution in [-0.4, -0.2) is 23.9 Å². The highest BCUT2D eigenvalue weighted by Gasteiger charge is 2.08. The van der Waals surface area contributed by atoms with Crippen LogP contribution in [0.15, 0.2) is 18.2 Å². The fourth-order valence-corrected chi connectivity index (χ4v) is 1.74. The van der Waals surface area contributed by atoms with Crippen molar-refractivity contribution in [2.24, 2.45) is 7.05 Å². The number of hydrogen-bond acceptors (Lipinski definition) is 3. The molecule has 0 aliphatic heterocycles. The van der Waals surface area contributed by atoms with Crippen molar-refractivity contribution in [2.75, 3.05) is 14.2 Å². The van der Waals surface area contributed by atoms with Crippen LogP contribution in [-0.2, 0) is 13.6 Å². The smallest absolute Gasteiger partial charge is 0.121 e. The van der Waals surface area contributed by atoms with Crippen molar-refractivity contribution in [3.05, 3.63) is 23.9 Å². The molecule has 0 aliphatic rings. The Morgan fingerprint density at radius 2 is 2.27 bits per heavy atom. The minimum absolute atomic E-state index is 0.819. The molecule has 0 atom stereocenters. The first-order valence-electron chi connectivity index (χ1n) is 4.90. The molecule has 0 radical (unpaired) electrons. The van der Waals surface area contributed by atoms with E-state index in [-0.39, 0.29) is 0 Å². The van der Waals surface area contributed by atoms with Crippen molar-refractivity contribution < 1.29 is 4.74 Å². The van der Waals surface area contributed by atoms with Crippen molar-refractivity contribution >= 4 is 10.9 Å². The van der Waals surface area contributed by atoms with Gasteiger partial charge in [-0.3, -0.25) is 4.68 Å². The Labute approximate surface area is 88.8 Å². The SMILES string of the molecule is CNCc1c2ccc(OC)cc2nn1C. The van der Waals surface area contributed by atoms with Gasteiger partial charge in [0.05, 0.1) is 18.3 Å². The number of ether oxygens (including phenoxy) is 1. The van der Waals surface area contributed by atoms with E-state index in [4.69, 9.17) is 4.74 Å². The molecule has 0 unspecified atom stereocenters. The Hall–Kier alpha value is -1.55. The van der Waals surface area contributed by atoms with Gasteiger partial charge in [-0.2, -0.15) is 5.10 Å². The summed E-state index contributed by atoms with van der Waals surface area (Å²) in [5.41, 5.74) is 2.16. The number of rotatable bonds is 3. The predicted octanol–water partition coefficient (Wildman–Crippen LogP) is 1.30. The molecule has 4 heteroatoms. The van der Waals surface area contributed by atoms with Crippen molar-refractivity contribution in [3.63, 3.8) is 0 Å². The summed E-state index contributed by atoms with van der Waals surface area (Å²) in [7, 11) is 5.56. The third kappa shape index (κ3) is 1.68. The molecular formula is C11H15N3O. The molecule has 1 aromatic heterocycles. The van der Waals surface area contributed by atoms with E-state index in [1.807, 2.05) is 37.0 Å². The number of aryl methyl sites for hydroxylation is 1. The van der Waals surface area contributed by atoms with Crippen molar-refractivity contribution in [2.45, 2.75) is 6.54 Å². The topological polar surface area (TPSA) is 39.1 Å². The zero-order valence-electron chi connectivity index (χ0n) is 9.24. The number of nitrogens with zero attached hydrogens (tertiary/aromatic N) is 2. The van der Waals surface area contributed by atoms with E-state index >= 15 is 0 Å². The minimum Gasteiger partial charge on any atom is -0.497 e. The van der Waals surface area contributed by atoms with Gasteiger partial charge in [-0.15, -0.1) is 0 Å². The minimum atomic E-state index is 0.819. The summed E-state index contributed by atoms with van der Waals surface area (Å²) in [6.07, 6.45) is 0. The van der Waals surface area contributed by atoms with Crippen LogP contribution in [0.2, 0.25) is 0 Å². The van der Waals surface area contributed by atoms with E-state index in [2.05, 4.69) is 10.4 Å². The number of aromatic nitrogens is 2. The van der Waals surface area contributed by atoms with Crippen LogP contribution in [0, 0.1) is 0 Å². The molecule has 4 nitrogen and oxygen atoms in total. The van der Waals surface area contributed by atoms with E-state index in [0.717, 1.165) is 17.8 Å². The Bertz CT molecular complexity index is 476. The number of benzene rings is 1. The lowest BCUT2D eigenvalue weighted by atomic mass is 10.2. The van der Waals surface area contributed by atoms with Gasteiger partial charge in [-0.05, 0) is 19.2 Å². The van der Waals surface area contributed by atoms with Crippen molar-refractivity contribution in [1.82, 2.24) is 15.1 Å². The third-order valence-electron chi connectivity index (χ3n) is 2.51. The van der Waals surface area contributed by atoms with Gasteiger partial charge in [0, 0.05) is 25.0 Å². The number of methoxy groups -OCH3 is 1. The zero-order chi connectivity index (χ0) is 10.8. The van der Waals surface area contributed by atoms with Crippen LogP contribution in [0.4, 0.5) is 0 Å². The maximum absolute atomic E-state index is 5.17. The molecule has 1 aromatic carbocycles. The normalized spacial score (nSPS) is 10.9. The molecule has 80 valence electrons. The predicted molar refractivity (Wildman–Crippen MR) is 60.0 cm³/mol. The van der Waals surface area contributed by atoms with Crippen LogP contribution in [0.3, 0.4) is 0 Å². The summed E-state index contributed by atoms with van der Waals surface area (Å²) < 4.78 is 7.07. The van der Waals surface area contributed by atoms with E-state index in [1.165, 1.54) is 11.1 Å². The molecule has 0 saturated carbocycles. The Morgan fingerprint density at radius 1 is 1.47 bits per heavy atom. The number of fused-ring (bicyclic) bond motifs is 1.